The lowest BCUT2D eigenvalue weighted by Gasteiger charge is -2.10. The van der Waals surface area contributed by atoms with Gasteiger partial charge in [0.2, 0.25) is 5.88 Å². The van der Waals surface area contributed by atoms with E-state index in [2.05, 4.69) is 10.3 Å². The van der Waals surface area contributed by atoms with Gasteiger partial charge >= 0.3 is 0 Å². The average Bonchev–Trinajstić information content (AvgIpc) is 2.33. The predicted molar refractivity (Wildman–Crippen MR) is 78.0 cm³/mol. The van der Waals surface area contributed by atoms with Crippen LogP contribution in [0.5, 0.6) is 11.6 Å². The number of hydrogen-bond donors (Lipinski definition) is 1. The van der Waals surface area contributed by atoms with Crippen molar-refractivity contribution in [3.63, 3.8) is 0 Å². The molecule has 19 heavy (non-hydrogen) atoms. The Bertz CT molecular complexity index is 584. The monoisotopic (exact) mass is 276 g/mol. The average molecular weight is 277 g/mol. The quantitative estimate of drug-likeness (QED) is 0.921. The highest BCUT2D eigenvalue weighted by Gasteiger charge is 2.06. The smallest absolute Gasteiger partial charge is 0.219 e. The van der Waals surface area contributed by atoms with Gasteiger partial charge in [-0.25, -0.2) is 4.98 Å². The van der Waals surface area contributed by atoms with Crippen LogP contribution in [0, 0.1) is 13.8 Å². The highest BCUT2D eigenvalue weighted by molar-refractivity contribution is 6.32. The first-order valence-electron chi connectivity index (χ1n) is 6.14. The fraction of sp³-hybridized carbons (Fsp3) is 0.267. The number of nitrogens with zero attached hydrogens (tertiary/aromatic N) is 1. The van der Waals surface area contributed by atoms with Gasteiger partial charge in [0, 0.05) is 18.3 Å². The fourth-order valence-electron chi connectivity index (χ4n) is 1.87. The number of benzene rings is 1. The van der Waals surface area contributed by atoms with Crippen LogP contribution in [-0.2, 0) is 6.54 Å². The third kappa shape index (κ3) is 3.69. The van der Waals surface area contributed by atoms with Crippen LogP contribution in [0.2, 0.25) is 5.02 Å². The van der Waals surface area contributed by atoms with Gasteiger partial charge < -0.3 is 10.1 Å². The minimum atomic E-state index is 0.567. The molecule has 1 heterocycles. The molecule has 1 N–H and O–H groups in total. The third-order valence-electron chi connectivity index (χ3n) is 2.67. The molecule has 0 radical (unpaired) electrons. The zero-order valence-electron chi connectivity index (χ0n) is 11.3. The van der Waals surface area contributed by atoms with E-state index in [1.807, 2.05) is 51.2 Å². The zero-order chi connectivity index (χ0) is 13.8. The lowest BCUT2D eigenvalue weighted by atomic mass is 10.2. The highest BCUT2D eigenvalue weighted by Crippen LogP contribution is 2.29. The number of ether oxygens (including phenoxy) is 1. The van der Waals surface area contributed by atoms with Gasteiger partial charge in [0.05, 0.1) is 5.02 Å². The molecule has 0 spiro atoms. The van der Waals surface area contributed by atoms with E-state index in [0.29, 0.717) is 16.7 Å². The van der Waals surface area contributed by atoms with Crippen molar-refractivity contribution in [2.24, 2.45) is 0 Å². The highest BCUT2D eigenvalue weighted by atomic mass is 35.5. The summed E-state index contributed by atoms with van der Waals surface area (Å²) in [4.78, 5) is 4.37. The van der Waals surface area contributed by atoms with Crippen molar-refractivity contribution < 1.29 is 4.74 Å². The first kappa shape index (κ1) is 13.8. The van der Waals surface area contributed by atoms with Crippen LogP contribution in [0.1, 0.15) is 16.8 Å². The molecule has 0 aliphatic carbocycles. The Hall–Kier alpha value is -1.58. The maximum Gasteiger partial charge on any atom is 0.219 e. The van der Waals surface area contributed by atoms with Gasteiger partial charge in [-0.15, -0.1) is 0 Å². The fourth-order valence-corrected chi connectivity index (χ4v) is 2.02. The molecular weight excluding hydrogens is 260 g/mol. The number of nitrogens with one attached hydrogen (secondary N) is 1. The molecule has 4 heteroatoms. The minimum absolute atomic E-state index is 0.567. The maximum atomic E-state index is 6.12. The summed E-state index contributed by atoms with van der Waals surface area (Å²) in [5, 5.41) is 3.70. The molecule has 0 unspecified atom stereocenters. The summed E-state index contributed by atoms with van der Waals surface area (Å²) in [7, 11) is 1.91. The molecule has 100 valence electrons. The van der Waals surface area contributed by atoms with Crippen LogP contribution in [0.3, 0.4) is 0 Å². The van der Waals surface area contributed by atoms with Crippen molar-refractivity contribution in [3.05, 3.63) is 52.2 Å². The summed E-state index contributed by atoms with van der Waals surface area (Å²) in [5.74, 6) is 1.20. The van der Waals surface area contributed by atoms with Crippen LogP contribution in [0.25, 0.3) is 0 Å². The molecule has 2 aromatic rings. The van der Waals surface area contributed by atoms with Crippen LogP contribution >= 0.6 is 11.6 Å². The van der Waals surface area contributed by atoms with Crippen LogP contribution < -0.4 is 10.1 Å². The molecule has 1 aromatic carbocycles. The van der Waals surface area contributed by atoms with E-state index in [9.17, 15) is 0 Å². The first-order valence-corrected chi connectivity index (χ1v) is 6.52. The Morgan fingerprint density at radius 1 is 1.21 bits per heavy atom. The topological polar surface area (TPSA) is 34.2 Å². The van der Waals surface area contributed by atoms with Gasteiger partial charge in [0.15, 0.2) is 0 Å². The van der Waals surface area contributed by atoms with E-state index >= 15 is 0 Å². The molecule has 0 fully saturated rings. The Kier molecular flexibility index (Phi) is 4.40. The normalized spacial score (nSPS) is 10.5. The van der Waals surface area contributed by atoms with Crippen LogP contribution in [0.15, 0.2) is 30.3 Å². The molecule has 0 bridgehead atoms. The summed E-state index contributed by atoms with van der Waals surface area (Å²) in [5.41, 5.74) is 3.16. The largest absolute Gasteiger partial charge is 0.437 e. The van der Waals surface area contributed by atoms with E-state index in [4.69, 9.17) is 16.3 Å². The SMILES string of the molecule is CNCc1cc(C)nc(Oc2cc(C)ccc2Cl)c1. The summed E-state index contributed by atoms with van der Waals surface area (Å²) in [6, 6.07) is 9.63. The van der Waals surface area contributed by atoms with E-state index in [1.165, 1.54) is 0 Å². The predicted octanol–water partition coefficient (Wildman–Crippen LogP) is 3.86. The molecular formula is C15H17ClN2O. The van der Waals surface area contributed by atoms with E-state index in [0.717, 1.165) is 23.4 Å². The molecule has 2 rings (SSSR count). The summed E-state index contributed by atoms with van der Waals surface area (Å²) < 4.78 is 5.79. The van der Waals surface area contributed by atoms with E-state index in [-0.39, 0.29) is 0 Å². The van der Waals surface area contributed by atoms with E-state index in [1.54, 1.807) is 0 Å². The van der Waals surface area contributed by atoms with Crippen molar-refractivity contribution >= 4 is 11.6 Å². The molecule has 0 aliphatic heterocycles. The Morgan fingerprint density at radius 2 is 2.00 bits per heavy atom. The number of rotatable bonds is 4. The standard InChI is InChI=1S/C15H17ClN2O/c1-10-4-5-13(16)14(6-10)19-15-8-12(9-17-3)7-11(2)18-15/h4-8,17H,9H2,1-3H3. The molecule has 3 nitrogen and oxygen atoms in total. The van der Waals surface area contributed by atoms with Crippen LogP contribution in [0.4, 0.5) is 0 Å². The Balaban J connectivity index is 2.29. The molecule has 1 aromatic heterocycles. The molecule has 0 saturated heterocycles. The van der Waals surface area contributed by atoms with Gasteiger partial charge in [-0.05, 0) is 50.2 Å². The first-order chi connectivity index (χ1) is 9.08. The number of halogens is 1. The lowest BCUT2D eigenvalue weighted by molar-refractivity contribution is 0.460. The summed E-state index contributed by atoms with van der Waals surface area (Å²) >= 11 is 6.12. The van der Waals surface area contributed by atoms with Crippen molar-refractivity contribution in [3.8, 4) is 11.6 Å². The summed E-state index contributed by atoms with van der Waals surface area (Å²) in [6.45, 7) is 4.73. The van der Waals surface area contributed by atoms with Gasteiger partial charge in [0.1, 0.15) is 5.75 Å². The lowest BCUT2D eigenvalue weighted by Crippen LogP contribution is -2.06. The number of pyridine rings is 1. The third-order valence-corrected chi connectivity index (χ3v) is 2.98. The van der Waals surface area contributed by atoms with Gasteiger partial charge in [0.25, 0.3) is 0 Å². The minimum Gasteiger partial charge on any atom is -0.437 e. The molecule has 0 saturated carbocycles. The van der Waals surface area contributed by atoms with Gasteiger partial charge in [-0.3, -0.25) is 0 Å². The molecule has 0 amide bonds. The second kappa shape index (κ2) is 6.04. The maximum absolute atomic E-state index is 6.12. The molecule has 0 atom stereocenters. The van der Waals surface area contributed by atoms with Crippen molar-refractivity contribution in [2.75, 3.05) is 7.05 Å². The van der Waals surface area contributed by atoms with Gasteiger partial charge in [-0.1, -0.05) is 17.7 Å². The van der Waals surface area contributed by atoms with Crippen LogP contribution in [-0.4, -0.2) is 12.0 Å². The second-order valence-corrected chi connectivity index (χ2v) is 4.93. The van der Waals surface area contributed by atoms with Crippen molar-refractivity contribution in [1.29, 1.82) is 0 Å². The Morgan fingerprint density at radius 3 is 2.74 bits per heavy atom. The summed E-state index contributed by atoms with van der Waals surface area (Å²) in [6.07, 6.45) is 0. The zero-order valence-corrected chi connectivity index (χ0v) is 12.1. The number of aryl methyl sites for hydroxylation is 2. The second-order valence-electron chi connectivity index (χ2n) is 4.52. The number of hydrogen-bond acceptors (Lipinski definition) is 3. The van der Waals surface area contributed by atoms with Crippen molar-refractivity contribution in [2.45, 2.75) is 20.4 Å². The Labute approximate surface area is 118 Å². The van der Waals surface area contributed by atoms with E-state index < -0.39 is 0 Å². The van der Waals surface area contributed by atoms with Gasteiger partial charge in [-0.2, -0.15) is 0 Å². The molecule has 0 aliphatic rings. The number of aromatic nitrogens is 1. The van der Waals surface area contributed by atoms with Crippen molar-refractivity contribution in [1.82, 2.24) is 10.3 Å².